The number of rotatable bonds is 0. The molecule has 0 bridgehead atoms. The molecule has 0 spiro atoms. The lowest BCUT2D eigenvalue weighted by Crippen LogP contribution is -1.73. The summed E-state index contributed by atoms with van der Waals surface area (Å²) in [5, 5.41) is 0. The lowest BCUT2D eigenvalue weighted by Gasteiger charge is -1.88. The molecule has 0 heteroatoms. The molecule has 0 saturated heterocycles. The highest BCUT2D eigenvalue weighted by molar-refractivity contribution is 5.42. The van der Waals surface area contributed by atoms with Crippen LogP contribution in [-0.4, -0.2) is 0 Å². The minimum absolute atomic E-state index is 1.05. The van der Waals surface area contributed by atoms with E-state index in [1.165, 1.54) is 0 Å². The zero-order valence-electron chi connectivity index (χ0n) is 8.93. The molecule has 0 amide bonds. The van der Waals surface area contributed by atoms with Gasteiger partial charge in [0.2, 0.25) is 0 Å². The minimum atomic E-state index is 1.05. The van der Waals surface area contributed by atoms with Crippen molar-refractivity contribution in [2.45, 2.75) is 0 Å². The first-order valence-corrected chi connectivity index (χ1v) is 4.90. The Labute approximate surface area is 97.0 Å². The van der Waals surface area contributed by atoms with Crippen LogP contribution in [0.1, 0.15) is 11.1 Å². The topological polar surface area (TPSA) is 0 Å². The van der Waals surface area contributed by atoms with Crippen LogP contribution in [0.15, 0.2) is 60.7 Å². The summed E-state index contributed by atoms with van der Waals surface area (Å²) in [6.07, 6.45) is 8.00. The van der Waals surface area contributed by atoms with Crippen LogP contribution in [0.25, 0.3) is 0 Å². The van der Waals surface area contributed by atoms with Crippen LogP contribution in [0.5, 0.6) is 0 Å². The van der Waals surface area contributed by atoms with Crippen LogP contribution in [0.4, 0.5) is 0 Å². The van der Waals surface area contributed by atoms with E-state index < -0.39 is 0 Å². The van der Waals surface area contributed by atoms with Gasteiger partial charge in [-0.3, -0.25) is 0 Å². The maximum Gasteiger partial charge on any atom is 0.0249 e. The molecule has 76 valence electrons. The van der Waals surface area contributed by atoms with Crippen molar-refractivity contribution in [2.24, 2.45) is 0 Å². The molecule has 2 aromatic rings. The molecule has 0 aliphatic rings. The highest BCUT2D eigenvalue weighted by Crippen LogP contribution is 1.98. The highest BCUT2D eigenvalue weighted by Gasteiger charge is 1.83. The van der Waals surface area contributed by atoms with Crippen molar-refractivity contribution in [3.05, 3.63) is 71.8 Å². The Hall–Kier alpha value is -2.44. The minimum Gasteiger partial charge on any atom is -0.124 e. The summed E-state index contributed by atoms with van der Waals surface area (Å²) in [7, 11) is 0. The molecule has 0 unspecified atom stereocenters. The summed E-state index contributed by atoms with van der Waals surface area (Å²) in [6, 6.07) is 20.0. The fraction of sp³-hybridized carbons (Fsp3) is 0. The molecule has 0 atom stereocenters. The van der Waals surface area contributed by atoms with Crippen LogP contribution in [-0.2, 0) is 0 Å². The molecular formula is C16H12. The van der Waals surface area contributed by atoms with E-state index in [1.54, 1.807) is 0 Å². The normalized spacial score (nSPS) is 7.88. The van der Waals surface area contributed by atoms with Crippen LogP contribution in [0.2, 0.25) is 0 Å². The first-order chi connectivity index (χ1) is 7.95. The second-order valence-corrected chi connectivity index (χ2v) is 2.98. The van der Waals surface area contributed by atoms with Crippen molar-refractivity contribution < 1.29 is 0 Å². The summed E-state index contributed by atoms with van der Waals surface area (Å²) >= 11 is 0. The number of hydrogen-bond acceptors (Lipinski definition) is 0. The Kier molecular flexibility index (Phi) is 5.04. The zero-order valence-corrected chi connectivity index (χ0v) is 8.93. The third-order valence-corrected chi connectivity index (χ3v) is 1.90. The Morgan fingerprint density at radius 2 is 0.875 bits per heavy atom. The summed E-state index contributed by atoms with van der Waals surface area (Å²) in [5.41, 5.74) is 2.10. The predicted molar refractivity (Wildman–Crippen MR) is 68.8 cm³/mol. The Morgan fingerprint density at radius 3 is 1.19 bits per heavy atom. The number of benzene rings is 2. The van der Waals surface area contributed by atoms with Gasteiger partial charge in [0.05, 0.1) is 0 Å². The molecule has 0 nitrogen and oxygen atoms in total. The second-order valence-electron chi connectivity index (χ2n) is 2.98. The monoisotopic (exact) mass is 204 g/mol. The summed E-state index contributed by atoms with van der Waals surface area (Å²) in [4.78, 5) is 0. The third kappa shape index (κ3) is 3.74. The van der Waals surface area contributed by atoms with Crippen molar-refractivity contribution in [2.75, 3.05) is 0 Å². The summed E-state index contributed by atoms with van der Waals surface area (Å²) in [6.45, 7) is 0. The molecule has 0 aromatic heterocycles. The van der Waals surface area contributed by atoms with Crippen molar-refractivity contribution in [1.29, 1.82) is 0 Å². The lowest BCUT2D eigenvalue weighted by atomic mass is 10.2. The number of terminal acetylenes is 1. The molecule has 0 saturated carbocycles. The standard InChI is InChI=1S/C14H10.C2H2/c1-3-7-13(8-4-1)11-12-14-9-5-2-6-10-14;1-2/h1-10H;1-2H. The predicted octanol–water partition coefficient (Wildman–Crippen LogP) is 3.34. The van der Waals surface area contributed by atoms with Crippen LogP contribution in [0, 0.1) is 24.7 Å². The zero-order chi connectivity index (χ0) is 11.6. The van der Waals surface area contributed by atoms with Gasteiger partial charge in [-0.25, -0.2) is 0 Å². The van der Waals surface area contributed by atoms with Crippen molar-refractivity contribution in [3.8, 4) is 24.7 Å². The molecule has 16 heavy (non-hydrogen) atoms. The van der Waals surface area contributed by atoms with Gasteiger partial charge in [-0.05, 0) is 24.3 Å². The van der Waals surface area contributed by atoms with Gasteiger partial charge in [-0.1, -0.05) is 48.2 Å². The quantitative estimate of drug-likeness (QED) is 0.577. The fourth-order valence-corrected chi connectivity index (χ4v) is 1.19. The second kappa shape index (κ2) is 6.93. The molecular weight excluding hydrogens is 192 g/mol. The van der Waals surface area contributed by atoms with Crippen LogP contribution in [0.3, 0.4) is 0 Å². The van der Waals surface area contributed by atoms with Gasteiger partial charge in [-0.15, -0.1) is 12.8 Å². The van der Waals surface area contributed by atoms with Crippen molar-refractivity contribution in [1.82, 2.24) is 0 Å². The van der Waals surface area contributed by atoms with E-state index in [1.807, 2.05) is 60.7 Å². The molecule has 0 radical (unpaired) electrons. The molecule has 0 fully saturated rings. The SMILES string of the molecule is C#C.C(#Cc1ccccc1)c1ccccc1. The fourth-order valence-electron chi connectivity index (χ4n) is 1.19. The molecule has 0 aliphatic carbocycles. The van der Waals surface area contributed by atoms with E-state index in [4.69, 9.17) is 0 Å². The van der Waals surface area contributed by atoms with Crippen LogP contribution < -0.4 is 0 Å². The van der Waals surface area contributed by atoms with E-state index in [0.29, 0.717) is 0 Å². The maximum atomic E-state index is 4.00. The molecule has 0 heterocycles. The van der Waals surface area contributed by atoms with E-state index >= 15 is 0 Å². The van der Waals surface area contributed by atoms with E-state index in [-0.39, 0.29) is 0 Å². The third-order valence-electron chi connectivity index (χ3n) is 1.90. The Bertz CT molecular complexity index is 438. The van der Waals surface area contributed by atoms with Gasteiger partial charge in [0.25, 0.3) is 0 Å². The molecule has 0 aliphatic heterocycles. The van der Waals surface area contributed by atoms with Gasteiger partial charge in [0.1, 0.15) is 0 Å². The van der Waals surface area contributed by atoms with Gasteiger partial charge in [0.15, 0.2) is 0 Å². The molecule has 2 aromatic carbocycles. The van der Waals surface area contributed by atoms with E-state index in [2.05, 4.69) is 24.7 Å². The molecule has 2 rings (SSSR count). The van der Waals surface area contributed by atoms with Crippen molar-refractivity contribution >= 4 is 0 Å². The first kappa shape index (κ1) is 11.6. The number of hydrogen-bond donors (Lipinski definition) is 0. The highest BCUT2D eigenvalue weighted by atomic mass is 13.9. The van der Waals surface area contributed by atoms with Gasteiger partial charge >= 0.3 is 0 Å². The smallest absolute Gasteiger partial charge is 0.0249 e. The average molecular weight is 204 g/mol. The van der Waals surface area contributed by atoms with Crippen LogP contribution >= 0.6 is 0 Å². The van der Waals surface area contributed by atoms with Gasteiger partial charge < -0.3 is 0 Å². The summed E-state index contributed by atoms with van der Waals surface area (Å²) in [5.74, 6) is 6.22. The van der Waals surface area contributed by atoms with Gasteiger partial charge in [-0.2, -0.15) is 0 Å². The Morgan fingerprint density at radius 1 is 0.562 bits per heavy atom. The van der Waals surface area contributed by atoms with Crippen molar-refractivity contribution in [3.63, 3.8) is 0 Å². The Balaban J connectivity index is 0.000000606. The van der Waals surface area contributed by atoms with E-state index in [9.17, 15) is 0 Å². The maximum absolute atomic E-state index is 4.00. The average Bonchev–Trinajstić information content (AvgIpc) is 2.41. The van der Waals surface area contributed by atoms with Gasteiger partial charge in [0, 0.05) is 11.1 Å². The van der Waals surface area contributed by atoms with E-state index in [0.717, 1.165) is 11.1 Å². The first-order valence-electron chi connectivity index (χ1n) is 4.90. The lowest BCUT2D eigenvalue weighted by molar-refractivity contribution is 1.62. The summed E-state index contributed by atoms with van der Waals surface area (Å²) < 4.78 is 0. The largest absolute Gasteiger partial charge is 0.124 e. The molecule has 0 N–H and O–H groups in total.